The zero-order valence-electron chi connectivity index (χ0n) is 19.7. The fraction of sp³-hybridized carbons (Fsp3) is 0.259. The molecule has 0 saturated heterocycles. The molecule has 8 nitrogen and oxygen atoms in total. The number of hydrogen-bond acceptors (Lipinski definition) is 6. The van der Waals surface area contributed by atoms with Crippen molar-refractivity contribution >= 4 is 12.1 Å². The molecule has 2 N–H and O–H groups in total. The van der Waals surface area contributed by atoms with Crippen LogP contribution < -0.4 is 19.5 Å². The van der Waals surface area contributed by atoms with Gasteiger partial charge in [0.05, 0.1) is 39.4 Å². The number of amides is 1. The number of carboxylic acid groups (broad SMARTS) is 1. The molecule has 1 atom stereocenters. The molecule has 0 bridgehead atoms. The van der Waals surface area contributed by atoms with Gasteiger partial charge in [-0.2, -0.15) is 0 Å². The Balaban J connectivity index is 1.56. The number of carbonyl (C=O) groups excluding carboxylic acids is 1. The first-order valence-electron chi connectivity index (χ1n) is 11.1. The first-order chi connectivity index (χ1) is 17.0. The van der Waals surface area contributed by atoms with Crippen molar-refractivity contribution in [1.82, 2.24) is 5.32 Å². The Bertz CT molecular complexity index is 1170. The predicted octanol–water partition coefficient (Wildman–Crippen LogP) is 4.77. The summed E-state index contributed by atoms with van der Waals surface area (Å²) in [6, 6.07) is 18.3. The minimum absolute atomic E-state index is 0.108. The summed E-state index contributed by atoms with van der Waals surface area (Å²) in [5, 5.41) is 12.2. The molecule has 0 fully saturated rings. The summed E-state index contributed by atoms with van der Waals surface area (Å²) < 4.78 is 21.8. The summed E-state index contributed by atoms with van der Waals surface area (Å²) in [5.41, 5.74) is 4.79. The molecule has 0 aromatic heterocycles. The van der Waals surface area contributed by atoms with Crippen LogP contribution in [0.5, 0.6) is 17.2 Å². The SMILES string of the molecule is COc1cc(OC)c([C@@H](CC(=O)O)NC(=O)OCC2c3ccccc3-c3ccccc32)c(OC)c1. The number of benzene rings is 3. The predicted molar refractivity (Wildman–Crippen MR) is 129 cm³/mol. The van der Waals surface area contributed by atoms with E-state index < -0.39 is 24.5 Å². The lowest BCUT2D eigenvalue weighted by atomic mass is 9.98. The van der Waals surface area contributed by atoms with E-state index in [9.17, 15) is 14.7 Å². The van der Waals surface area contributed by atoms with Gasteiger partial charge in [0.2, 0.25) is 0 Å². The number of carboxylic acids is 1. The van der Waals surface area contributed by atoms with Crippen molar-refractivity contribution in [2.75, 3.05) is 27.9 Å². The minimum atomic E-state index is -1.10. The lowest BCUT2D eigenvalue weighted by Gasteiger charge is -2.23. The molecule has 0 unspecified atom stereocenters. The molecule has 1 aliphatic carbocycles. The van der Waals surface area contributed by atoms with Gasteiger partial charge in [0.25, 0.3) is 0 Å². The summed E-state index contributed by atoms with van der Waals surface area (Å²) in [6.45, 7) is 0.108. The van der Waals surface area contributed by atoms with Crippen molar-refractivity contribution in [2.24, 2.45) is 0 Å². The molecule has 35 heavy (non-hydrogen) atoms. The molecule has 8 heteroatoms. The Hall–Kier alpha value is -4.20. The topological polar surface area (TPSA) is 103 Å². The number of hydrogen-bond donors (Lipinski definition) is 2. The van der Waals surface area contributed by atoms with Crippen molar-refractivity contribution in [2.45, 2.75) is 18.4 Å². The summed E-state index contributed by atoms with van der Waals surface area (Å²) in [5.74, 6) is -0.0968. The molecule has 4 rings (SSSR count). The quantitative estimate of drug-likeness (QED) is 0.458. The van der Waals surface area contributed by atoms with Crippen LogP contribution in [0, 0.1) is 0 Å². The van der Waals surface area contributed by atoms with Gasteiger partial charge in [-0.15, -0.1) is 0 Å². The third-order valence-electron chi connectivity index (χ3n) is 6.12. The number of rotatable bonds is 9. The Kier molecular flexibility index (Phi) is 7.10. The highest BCUT2D eigenvalue weighted by Gasteiger charge is 2.31. The van der Waals surface area contributed by atoms with Gasteiger partial charge in [0, 0.05) is 18.1 Å². The summed E-state index contributed by atoms with van der Waals surface area (Å²) in [6.07, 6.45) is -1.14. The van der Waals surface area contributed by atoms with E-state index >= 15 is 0 Å². The highest BCUT2D eigenvalue weighted by molar-refractivity contribution is 5.79. The minimum Gasteiger partial charge on any atom is -0.496 e. The standard InChI is InChI=1S/C27H27NO7/c1-32-16-12-23(33-2)26(24(13-16)34-3)22(14-25(29)30)28-27(31)35-15-21-19-10-6-4-8-17(19)18-9-5-7-11-20(18)21/h4-13,21-22H,14-15H2,1-3H3,(H,28,31)(H,29,30)/t22-/m1/s1. The lowest BCUT2D eigenvalue weighted by molar-refractivity contribution is -0.137. The van der Waals surface area contributed by atoms with Gasteiger partial charge in [-0.1, -0.05) is 48.5 Å². The van der Waals surface area contributed by atoms with Crippen LogP contribution >= 0.6 is 0 Å². The maximum Gasteiger partial charge on any atom is 0.407 e. The molecule has 3 aromatic rings. The van der Waals surface area contributed by atoms with Gasteiger partial charge >= 0.3 is 12.1 Å². The van der Waals surface area contributed by atoms with E-state index in [0.717, 1.165) is 22.3 Å². The van der Waals surface area contributed by atoms with Gasteiger partial charge in [0.15, 0.2) is 0 Å². The average molecular weight is 478 g/mol. The maximum atomic E-state index is 12.9. The van der Waals surface area contributed by atoms with E-state index in [4.69, 9.17) is 18.9 Å². The van der Waals surface area contributed by atoms with Crippen LogP contribution in [0.25, 0.3) is 11.1 Å². The highest BCUT2D eigenvalue weighted by Crippen LogP contribution is 2.44. The second kappa shape index (κ2) is 10.4. The molecule has 0 heterocycles. The fourth-order valence-corrected chi connectivity index (χ4v) is 4.56. The van der Waals surface area contributed by atoms with E-state index in [1.54, 1.807) is 12.1 Å². The second-order valence-corrected chi connectivity index (χ2v) is 8.07. The van der Waals surface area contributed by atoms with Crippen LogP contribution in [0.1, 0.15) is 35.1 Å². The number of carbonyl (C=O) groups is 2. The first kappa shape index (κ1) is 23.9. The van der Waals surface area contributed by atoms with E-state index in [2.05, 4.69) is 17.4 Å². The van der Waals surface area contributed by atoms with Crippen LogP contribution in [0.2, 0.25) is 0 Å². The first-order valence-corrected chi connectivity index (χ1v) is 11.1. The Morgan fingerprint density at radius 3 is 1.91 bits per heavy atom. The molecule has 182 valence electrons. The van der Waals surface area contributed by atoms with E-state index in [1.807, 2.05) is 36.4 Å². The van der Waals surface area contributed by atoms with Crippen LogP contribution in [0.3, 0.4) is 0 Å². The Morgan fingerprint density at radius 1 is 0.886 bits per heavy atom. The van der Waals surface area contributed by atoms with Crippen LogP contribution in [0.4, 0.5) is 4.79 Å². The van der Waals surface area contributed by atoms with Gasteiger partial charge in [-0.3, -0.25) is 4.79 Å². The van der Waals surface area contributed by atoms with Crippen molar-refractivity contribution in [3.05, 3.63) is 77.4 Å². The fourth-order valence-electron chi connectivity index (χ4n) is 4.56. The molecule has 3 aromatic carbocycles. The lowest BCUT2D eigenvalue weighted by Crippen LogP contribution is -2.32. The number of fused-ring (bicyclic) bond motifs is 3. The van der Waals surface area contributed by atoms with Crippen LogP contribution in [0.15, 0.2) is 60.7 Å². The number of alkyl carbamates (subject to hydrolysis) is 1. The molecule has 0 saturated carbocycles. The molecule has 1 amide bonds. The largest absolute Gasteiger partial charge is 0.496 e. The smallest absolute Gasteiger partial charge is 0.407 e. The van der Waals surface area contributed by atoms with E-state index in [0.29, 0.717) is 22.8 Å². The van der Waals surface area contributed by atoms with E-state index in [-0.39, 0.29) is 12.5 Å². The number of nitrogens with one attached hydrogen (secondary N) is 1. The summed E-state index contributed by atoms with van der Waals surface area (Å²) in [4.78, 5) is 24.5. The molecule has 0 spiro atoms. The van der Waals surface area contributed by atoms with Crippen LogP contribution in [-0.2, 0) is 9.53 Å². The molecular formula is C27H27NO7. The zero-order valence-corrected chi connectivity index (χ0v) is 19.7. The van der Waals surface area contributed by atoms with Crippen LogP contribution in [-0.4, -0.2) is 45.1 Å². The summed E-state index contributed by atoms with van der Waals surface area (Å²) >= 11 is 0. The second-order valence-electron chi connectivity index (χ2n) is 8.07. The van der Waals surface area contributed by atoms with Gasteiger partial charge in [-0.25, -0.2) is 4.79 Å². The van der Waals surface area contributed by atoms with Crippen molar-refractivity contribution < 1.29 is 33.6 Å². The van der Waals surface area contributed by atoms with E-state index in [1.165, 1.54) is 21.3 Å². The van der Waals surface area contributed by atoms with Crippen molar-refractivity contribution in [1.29, 1.82) is 0 Å². The number of methoxy groups -OCH3 is 3. The maximum absolute atomic E-state index is 12.9. The number of aliphatic carboxylic acids is 1. The van der Waals surface area contributed by atoms with Gasteiger partial charge < -0.3 is 29.4 Å². The number of ether oxygens (including phenoxy) is 4. The normalized spacial score (nSPS) is 12.8. The third kappa shape index (κ3) is 4.87. The molecular weight excluding hydrogens is 450 g/mol. The highest BCUT2D eigenvalue weighted by atomic mass is 16.5. The van der Waals surface area contributed by atoms with Gasteiger partial charge in [-0.05, 0) is 22.3 Å². The Labute approximate surface area is 203 Å². The summed E-state index contributed by atoms with van der Waals surface area (Å²) in [7, 11) is 4.39. The van der Waals surface area contributed by atoms with Crippen molar-refractivity contribution in [3.8, 4) is 28.4 Å². The van der Waals surface area contributed by atoms with Gasteiger partial charge in [0.1, 0.15) is 23.9 Å². The Morgan fingerprint density at radius 2 is 1.43 bits per heavy atom. The van der Waals surface area contributed by atoms with Crippen molar-refractivity contribution in [3.63, 3.8) is 0 Å². The molecule has 1 aliphatic rings. The molecule has 0 aliphatic heterocycles. The third-order valence-corrected chi connectivity index (χ3v) is 6.12. The average Bonchev–Trinajstić information content (AvgIpc) is 3.19. The monoisotopic (exact) mass is 477 g/mol. The molecule has 0 radical (unpaired) electrons. The zero-order chi connectivity index (χ0) is 24.9.